The molecule has 3 heterocycles. The molecule has 7 aromatic carbocycles. The Hall–Kier alpha value is -6.58. The van der Waals surface area contributed by atoms with Gasteiger partial charge in [0.05, 0.1) is 27.5 Å². The fourth-order valence-corrected chi connectivity index (χ4v) is 10.2. The van der Waals surface area contributed by atoms with E-state index in [9.17, 15) is 0 Å². The van der Waals surface area contributed by atoms with Crippen LogP contribution in [0.4, 0.5) is 0 Å². The summed E-state index contributed by atoms with van der Waals surface area (Å²) in [6, 6.07) is 55.5. The predicted molar refractivity (Wildman–Crippen MR) is 231 cm³/mol. The molecule has 2 aliphatic carbocycles. The molecule has 0 spiro atoms. The minimum absolute atomic E-state index is 0.0804. The van der Waals surface area contributed by atoms with Crippen LogP contribution in [-0.4, -0.2) is 9.13 Å². The molecule has 0 bridgehead atoms. The van der Waals surface area contributed by atoms with Crippen LogP contribution in [0.5, 0.6) is 0 Å². The topological polar surface area (TPSA) is 23.0 Å². The second-order valence-corrected chi connectivity index (χ2v) is 16.1. The van der Waals surface area contributed by atoms with Gasteiger partial charge in [-0.2, -0.15) is 0 Å². The molecule has 55 heavy (non-hydrogen) atoms. The van der Waals surface area contributed by atoms with Crippen molar-refractivity contribution in [2.45, 2.75) is 32.6 Å². The number of nitrogens with zero attached hydrogens (tertiary/aromatic N) is 2. The summed E-state index contributed by atoms with van der Waals surface area (Å²) in [6.45, 7) is 7.21. The van der Waals surface area contributed by atoms with Gasteiger partial charge in [-0.25, -0.2) is 0 Å². The smallest absolute Gasteiger partial charge is 0.145 e. The lowest BCUT2D eigenvalue weighted by Gasteiger charge is -2.30. The van der Waals surface area contributed by atoms with Gasteiger partial charge in [0, 0.05) is 55.2 Å². The van der Waals surface area contributed by atoms with Crippen molar-refractivity contribution >= 4 is 76.8 Å². The first-order valence-corrected chi connectivity index (χ1v) is 19.5. The van der Waals surface area contributed by atoms with Crippen LogP contribution in [0.1, 0.15) is 38.3 Å². The summed E-state index contributed by atoms with van der Waals surface area (Å²) in [7, 11) is 0. The highest BCUT2D eigenvalue weighted by Crippen LogP contribution is 2.54. The Bertz CT molecular complexity index is 3330. The van der Waals surface area contributed by atoms with Crippen molar-refractivity contribution in [1.82, 2.24) is 9.13 Å². The fourth-order valence-electron chi connectivity index (χ4n) is 10.2. The molecule has 0 N–H and O–H groups in total. The van der Waals surface area contributed by atoms with E-state index in [4.69, 9.17) is 4.42 Å². The molecule has 0 fully saturated rings. The summed E-state index contributed by atoms with van der Waals surface area (Å²) in [4.78, 5) is 0. The van der Waals surface area contributed by atoms with E-state index >= 15 is 0 Å². The van der Waals surface area contributed by atoms with Crippen molar-refractivity contribution < 1.29 is 4.42 Å². The molecule has 1 atom stereocenters. The monoisotopic (exact) mass is 706 g/mol. The van der Waals surface area contributed by atoms with Crippen LogP contribution in [0, 0.1) is 5.92 Å². The first-order valence-electron chi connectivity index (χ1n) is 19.5. The largest absolute Gasteiger partial charge is 0.455 e. The molecule has 3 aromatic heterocycles. The maximum Gasteiger partial charge on any atom is 0.145 e. The summed E-state index contributed by atoms with van der Waals surface area (Å²) in [5, 5.41) is 7.18. The van der Waals surface area contributed by atoms with Gasteiger partial charge in [-0.3, -0.25) is 0 Å². The molecule has 0 saturated carbocycles. The Labute approximate surface area is 319 Å². The summed E-state index contributed by atoms with van der Waals surface area (Å²) in [5.74, 6) is 0.297. The lowest BCUT2D eigenvalue weighted by atomic mass is 9.78. The Morgan fingerprint density at radius 3 is 2.09 bits per heavy atom. The Kier molecular flexibility index (Phi) is 6.16. The van der Waals surface area contributed by atoms with E-state index in [1.165, 1.54) is 88.4 Å². The summed E-state index contributed by atoms with van der Waals surface area (Å²) in [6.07, 6.45) is 3.54. The Morgan fingerprint density at radius 2 is 1.25 bits per heavy atom. The number of aromatic nitrogens is 2. The molecule has 3 nitrogen and oxygen atoms in total. The SMILES string of the molecule is CC1CC2=C(C=C1n1c3ccccc3c3c4oc5ccccc5c4cc(-c4ccc5c(c4)c4ccccc4n5-c4ccccc4)c31)C(C)(C)c1ccccc12. The minimum Gasteiger partial charge on any atom is -0.455 e. The average Bonchev–Trinajstić information content (AvgIpc) is 3.93. The molecule has 3 heteroatoms. The highest BCUT2D eigenvalue weighted by Gasteiger charge is 2.40. The zero-order chi connectivity index (χ0) is 36.6. The number of para-hydroxylation sites is 4. The van der Waals surface area contributed by atoms with E-state index in [1.54, 1.807) is 0 Å². The first kappa shape index (κ1) is 30.8. The first-order chi connectivity index (χ1) is 27.0. The second-order valence-electron chi connectivity index (χ2n) is 16.1. The van der Waals surface area contributed by atoms with Gasteiger partial charge < -0.3 is 13.6 Å². The molecule has 0 radical (unpaired) electrons. The van der Waals surface area contributed by atoms with Gasteiger partial charge in [-0.15, -0.1) is 0 Å². The molecule has 1 unspecified atom stereocenters. The van der Waals surface area contributed by atoms with Crippen LogP contribution >= 0.6 is 0 Å². The molecule has 0 saturated heterocycles. The third kappa shape index (κ3) is 4.10. The molecular formula is C52H38N2O. The van der Waals surface area contributed by atoms with Crippen LogP contribution in [-0.2, 0) is 5.41 Å². The van der Waals surface area contributed by atoms with Crippen molar-refractivity contribution in [3.63, 3.8) is 0 Å². The maximum absolute atomic E-state index is 6.87. The van der Waals surface area contributed by atoms with E-state index in [0.29, 0.717) is 5.92 Å². The molecule has 10 aromatic rings. The lowest BCUT2D eigenvalue weighted by Crippen LogP contribution is -2.19. The molecule has 2 aliphatic rings. The van der Waals surface area contributed by atoms with Crippen molar-refractivity contribution in [2.75, 3.05) is 0 Å². The predicted octanol–water partition coefficient (Wildman–Crippen LogP) is 14.1. The third-order valence-electron chi connectivity index (χ3n) is 12.8. The number of furan rings is 1. The Morgan fingerprint density at radius 1 is 0.582 bits per heavy atom. The van der Waals surface area contributed by atoms with E-state index in [1.807, 2.05) is 0 Å². The van der Waals surface area contributed by atoms with Gasteiger partial charge in [-0.05, 0) is 88.9 Å². The molecular weight excluding hydrogens is 669 g/mol. The van der Waals surface area contributed by atoms with Crippen LogP contribution in [0.25, 0.3) is 93.6 Å². The van der Waals surface area contributed by atoms with Crippen LogP contribution in [0.3, 0.4) is 0 Å². The normalized spacial score (nSPS) is 16.6. The van der Waals surface area contributed by atoms with Gasteiger partial charge in [0.15, 0.2) is 0 Å². The van der Waals surface area contributed by atoms with Crippen molar-refractivity contribution in [3.05, 3.63) is 174 Å². The van der Waals surface area contributed by atoms with Crippen LogP contribution < -0.4 is 0 Å². The number of hydrogen-bond acceptors (Lipinski definition) is 1. The second kappa shape index (κ2) is 11.0. The molecule has 0 amide bonds. The van der Waals surface area contributed by atoms with Crippen LogP contribution in [0.2, 0.25) is 0 Å². The number of fused-ring (bicyclic) bond motifs is 12. The van der Waals surface area contributed by atoms with E-state index in [-0.39, 0.29) is 5.41 Å². The van der Waals surface area contributed by atoms with Gasteiger partial charge in [-0.1, -0.05) is 124 Å². The summed E-state index contributed by atoms with van der Waals surface area (Å²) in [5.41, 5.74) is 17.3. The fraction of sp³-hybridized carbons (Fsp3) is 0.115. The molecule has 12 rings (SSSR count). The van der Waals surface area contributed by atoms with Gasteiger partial charge in [0.2, 0.25) is 0 Å². The van der Waals surface area contributed by atoms with Gasteiger partial charge >= 0.3 is 0 Å². The van der Waals surface area contributed by atoms with Crippen molar-refractivity contribution in [3.8, 4) is 16.8 Å². The number of rotatable bonds is 3. The Balaban J connectivity index is 1.21. The van der Waals surface area contributed by atoms with E-state index < -0.39 is 0 Å². The molecule has 262 valence electrons. The van der Waals surface area contributed by atoms with Crippen LogP contribution in [0.15, 0.2) is 168 Å². The summed E-state index contributed by atoms with van der Waals surface area (Å²) >= 11 is 0. The lowest BCUT2D eigenvalue weighted by molar-refractivity contribution is 0.642. The highest BCUT2D eigenvalue weighted by molar-refractivity contribution is 6.28. The summed E-state index contributed by atoms with van der Waals surface area (Å²) < 4.78 is 11.9. The zero-order valence-electron chi connectivity index (χ0n) is 31.1. The van der Waals surface area contributed by atoms with Gasteiger partial charge in [0.1, 0.15) is 11.2 Å². The van der Waals surface area contributed by atoms with E-state index in [2.05, 4.69) is 188 Å². The van der Waals surface area contributed by atoms with Crippen molar-refractivity contribution in [1.29, 1.82) is 0 Å². The average molecular weight is 707 g/mol. The van der Waals surface area contributed by atoms with Crippen molar-refractivity contribution in [2.24, 2.45) is 5.92 Å². The minimum atomic E-state index is -0.0804. The number of benzene rings is 7. The number of allylic oxidation sites excluding steroid dienone is 4. The van der Waals surface area contributed by atoms with E-state index in [0.717, 1.165) is 28.4 Å². The maximum atomic E-state index is 6.87. The standard InChI is InChI=1S/C52H38N2O/c1-31-27-39-34-17-7-11-21-42(34)52(2,3)43(39)30-47(31)54-45-23-13-9-20-37(45)49-50(54)38(29-41-36-19-10-14-24-48(36)55-51(41)49)32-25-26-46-40(28-32)35-18-8-12-22-44(35)53(46)33-15-5-4-6-16-33/h4-26,28-31H,27H2,1-3H3. The third-order valence-corrected chi connectivity index (χ3v) is 12.8. The zero-order valence-corrected chi connectivity index (χ0v) is 31.1. The highest BCUT2D eigenvalue weighted by atomic mass is 16.3. The molecule has 0 aliphatic heterocycles. The quantitative estimate of drug-likeness (QED) is 0.179. The van der Waals surface area contributed by atoms with Gasteiger partial charge in [0.25, 0.3) is 0 Å². The number of hydrogen-bond donors (Lipinski definition) is 0.